The van der Waals surface area contributed by atoms with Crippen molar-refractivity contribution in [3.8, 4) is 0 Å². The number of hydrogen-bond acceptors (Lipinski definition) is 12. The Morgan fingerprint density at radius 2 is 1.47 bits per heavy atom. The molecule has 3 heterocycles. The Labute approximate surface area is 350 Å². The molecule has 2 fully saturated rings. The fourth-order valence-electron chi connectivity index (χ4n) is 7.53. The van der Waals surface area contributed by atoms with Gasteiger partial charge >= 0.3 is 5.97 Å². The molecule has 5 unspecified atom stereocenters. The van der Waals surface area contributed by atoms with Gasteiger partial charge in [0.2, 0.25) is 5.91 Å². The Morgan fingerprint density at radius 1 is 0.931 bits per heavy atom. The number of nitrogens with one attached hydrogen (secondary N) is 2. The average Bonchev–Trinajstić information content (AvgIpc) is 3.64. The molecule has 15 heteroatoms. The fourth-order valence-corrected chi connectivity index (χ4v) is 11.4. The van der Waals surface area contributed by atoms with Crippen LogP contribution in [0.5, 0.6) is 0 Å². The van der Waals surface area contributed by atoms with Gasteiger partial charge in [-0.2, -0.15) is 0 Å². The quantitative estimate of drug-likeness (QED) is 0.0357. The Kier molecular flexibility index (Phi) is 12.6. The van der Waals surface area contributed by atoms with Crippen LogP contribution in [0.4, 0.5) is 5.13 Å². The van der Waals surface area contributed by atoms with Crippen LogP contribution in [0.15, 0.2) is 102 Å². The smallest absolute Gasteiger partial charge is 0.361 e. The van der Waals surface area contributed by atoms with Crippen LogP contribution >= 0.6 is 23.1 Å². The van der Waals surface area contributed by atoms with Crippen LogP contribution in [0.1, 0.15) is 63.9 Å². The van der Waals surface area contributed by atoms with Crippen molar-refractivity contribution in [1.82, 2.24) is 15.2 Å². The summed E-state index contributed by atoms with van der Waals surface area (Å²) in [6.45, 7) is 15.1. The highest BCUT2D eigenvalue weighted by Gasteiger charge is 2.69. The van der Waals surface area contributed by atoms with Crippen molar-refractivity contribution in [2.45, 2.75) is 94.9 Å². The molecule has 5 atom stereocenters. The third-order valence-corrected chi connectivity index (χ3v) is 13.1. The van der Waals surface area contributed by atoms with Gasteiger partial charge in [-0.25, -0.2) is 9.78 Å². The summed E-state index contributed by atoms with van der Waals surface area (Å²) in [6.07, 6.45) is -0.582. The molecule has 0 saturated carbocycles. The number of thioether (sulfide) groups is 1. The van der Waals surface area contributed by atoms with E-state index in [1.807, 2.05) is 88.5 Å². The number of fused-ring (bicyclic) bond motifs is 1. The lowest BCUT2D eigenvalue weighted by Crippen LogP contribution is -2.84. The number of aromatic nitrogens is 1. The monoisotopic (exact) mass is 843 g/mol. The molecule has 0 spiro atoms. The number of amides is 2. The van der Waals surface area contributed by atoms with Crippen LogP contribution in [0.2, 0.25) is 13.1 Å². The number of oxime groups is 1. The second-order valence-corrected chi connectivity index (χ2v) is 21.2. The molecule has 2 amide bonds. The molecule has 0 radical (unpaired) electrons. The van der Waals surface area contributed by atoms with E-state index in [9.17, 15) is 19.5 Å². The lowest BCUT2D eigenvalue weighted by Gasteiger charge is -2.60. The molecule has 308 valence electrons. The van der Waals surface area contributed by atoms with E-state index in [0.717, 1.165) is 16.7 Å². The van der Waals surface area contributed by atoms with Crippen molar-refractivity contribution < 1.29 is 33.5 Å². The number of hydrogen-bond donors (Lipinski definition) is 3. The lowest BCUT2D eigenvalue weighted by atomic mass is 9.77. The molecule has 2 saturated heterocycles. The van der Waals surface area contributed by atoms with Crippen molar-refractivity contribution in [1.29, 1.82) is 0 Å². The standard InChI is InChI=1S/C43H53N5O7S2Si/c1-40(2,3)34(55-58(8)9)35-43(52,38(51)54-41(4,5)6)48-31(26-56-35)33(37(48)50)45-36(49)32(47-53-7)30-25-57-39(44-30)46-42(27-19-13-10-14-20-27,28-21-15-11-16-22-28)29-23-17-12-18-24-29/h10-25,31,33-35,52,58H,26H2,1-9H3,(H,44,46)(H,45,49). The van der Waals surface area contributed by atoms with Crippen LogP contribution in [0, 0.1) is 5.41 Å². The third-order valence-electron chi connectivity index (χ3n) is 10.0. The molecule has 2 aliphatic rings. The first-order valence-corrected chi connectivity index (χ1v) is 24.0. The number of β-lactam (4-membered cyclic amide) rings is 1. The minimum Gasteiger partial charge on any atom is -0.456 e. The van der Waals surface area contributed by atoms with Crippen LogP contribution in [0.25, 0.3) is 0 Å². The number of thiazole rings is 1. The number of benzene rings is 3. The number of esters is 1. The van der Waals surface area contributed by atoms with Crippen LogP contribution in [0.3, 0.4) is 0 Å². The third kappa shape index (κ3) is 8.46. The number of ether oxygens (including phenoxy) is 1. The van der Waals surface area contributed by atoms with Gasteiger partial charge < -0.3 is 29.7 Å². The van der Waals surface area contributed by atoms with Crippen molar-refractivity contribution in [3.63, 3.8) is 0 Å². The number of nitrogens with zero attached hydrogens (tertiary/aromatic N) is 3. The molecule has 0 aliphatic carbocycles. The number of carbonyl (C=O) groups is 3. The van der Waals surface area contributed by atoms with Gasteiger partial charge in [0.25, 0.3) is 11.6 Å². The molecule has 12 nitrogen and oxygen atoms in total. The van der Waals surface area contributed by atoms with E-state index < -0.39 is 72.5 Å². The van der Waals surface area contributed by atoms with Gasteiger partial charge in [0.1, 0.15) is 30.0 Å². The summed E-state index contributed by atoms with van der Waals surface area (Å²) in [6, 6.07) is 28.4. The molecular weight excluding hydrogens is 791 g/mol. The van der Waals surface area contributed by atoms with Crippen LogP contribution in [-0.4, -0.2) is 95.2 Å². The number of rotatable bonds is 13. The molecule has 2 aliphatic heterocycles. The largest absolute Gasteiger partial charge is 0.456 e. The predicted molar refractivity (Wildman–Crippen MR) is 231 cm³/mol. The molecule has 0 bridgehead atoms. The molecular formula is C43H53N5O7S2Si. The maximum Gasteiger partial charge on any atom is 0.361 e. The molecule has 6 rings (SSSR count). The van der Waals surface area contributed by atoms with Crippen molar-refractivity contribution in [2.24, 2.45) is 10.6 Å². The van der Waals surface area contributed by atoms with E-state index in [0.29, 0.717) is 10.9 Å². The molecule has 3 N–H and O–H groups in total. The van der Waals surface area contributed by atoms with E-state index >= 15 is 0 Å². The van der Waals surface area contributed by atoms with E-state index in [4.69, 9.17) is 19.0 Å². The summed E-state index contributed by atoms with van der Waals surface area (Å²) in [5.74, 6) is -1.94. The first-order chi connectivity index (χ1) is 27.4. The highest BCUT2D eigenvalue weighted by Crippen LogP contribution is 2.48. The van der Waals surface area contributed by atoms with Crippen LogP contribution in [-0.2, 0) is 33.9 Å². The normalized spacial score (nSPS) is 21.8. The predicted octanol–water partition coefficient (Wildman–Crippen LogP) is 6.15. The summed E-state index contributed by atoms with van der Waals surface area (Å²) in [4.78, 5) is 53.4. The van der Waals surface area contributed by atoms with E-state index in [-0.39, 0.29) is 11.4 Å². The van der Waals surface area contributed by atoms with E-state index in [1.54, 1.807) is 26.2 Å². The zero-order valence-corrected chi connectivity index (χ0v) is 37.2. The molecule has 1 aromatic heterocycles. The van der Waals surface area contributed by atoms with Gasteiger partial charge in [0, 0.05) is 11.1 Å². The Hall–Kier alpha value is -4.54. The first kappa shape index (κ1) is 43.0. The average molecular weight is 844 g/mol. The lowest BCUT2D eigenvalue weighted by molar-refractivity contribution is -0.227. The van der Waals surface area contributed by atoms with Crippen molar-refractivity contribution in [3.05, 3.63) is 119 Å². The summed E-state index contributed by atoms with van der Waals surface area (Å²) >= 11 is 2.64. The van der Waals surface area contributed by atoms with Gasteiger partial charge in [-0.1, -0.05) is 117 Å². The van der Waals surface area contributed by atoms with Gasteiger partial charge in [0.05, 0.1) is 17.4 Å². The summed E-state index contributed by atoms with van der Waals surface area (Å²) in [7, 11) is -0.350. The molecule has 58 heavy (non-hydrogen) atoms. The van der Waals surface area contributed by atoms with Crippen LogP contribution < -0.4 is 10.6 Å². The van der Waals surface area contributed by atoms with Gasteiger partial charge in [-0.3, -0.25) is 14.5 Å². The van der Waals surface area contributed by atoms with E-state index in [2.05, 4.69) is 52.2 Å². The Morgan fingerprint density at radius 3 is 1.93 bits per heavy atom. The molecule has 3 aromatic carbocycles. The number of carbonyl (C=O) groups excluding carboxylic acids is 3. The topological polar surface area (TPSA) is 152 Å². The number of anilines is 1. The maximum absolute atomic E-state index is 14.1. The zero-order valence-electron chi connectivity index (χ0n) is 34.4. The van der Waals surface area contributed by atoms with E-state index in [1.165, 1.54) is 35.1 Å². The first-order valence-electron chi connectivity index (χ1n) is 19.3. The van der Waals surface area contributed by atoms with Gasteiger partial charge in [-0.05, 0) is 56.0 Å². The second kappa shape index (κ2) is 17.0. The Bertz CT molecular complexity index is 2010. The maximum atomic E-state index is 14.1. The summed E-state index contributed by atoms with van der Waals surface area (Å²) in [5.41, 5.74) is -1.64. The fraction of sp³-hybridized carbons (Fsp3) is 0.419. The summed E-state index contributed by atoms with van der Waals surface area (Å²) in [5, 5.41) is 24.5. The minimum atomic E-state index is -2.36. The second-order valence-electron chi connectivity index (χ2n) is 16.8. The van der Waals surface area contributed by atoms with Crippen molar-refractivity contribution in [2.75, 3.05) is 18.2 Å². The summed E-state index contributed by atoms with van der Waals surface area (Å²) < 4.78 is 12.2. The zero-order chi connectivity index (χ0) is 42.0. The van der Waals surface area contributed by atoms with Gasteiger partial charge in [-0.15, -0.1) is 23.1 Å². The SMILES string of the molecule is CON=C(C(=O)NC1C(=O)N2C1CSC(C(O[SiH](C)C)C(C)(C)C)C2(O)C(=O)OC(C)(C)C)c1csc(NC(c2ccccc2)(c2ccccc2)c2ccccc2)n1. The highest BCUT2D eigenvalue weighted by molar-refractivity contribution is 8.00. The minimum absolute atomic E-state index is 0.144. The number of aliphatic hydroxyl groups is 1. The highest BCUT2D eigenvalue weighted by atomic mass is 32.2. The van der Waals surface area contributed by atoms with Gasteiger partial charge in [0.15, 0.2) is 19.9 Å². The Balaban J connectivity index is 1.29. The van der Waals surface area contributed by atoms with Crippen molar-refractivity contribution >= 4 is 60.8 Å². The molecule has 4 aromatic rings.